The van der Waals surface area contributed by atoms with Crippen molar-refractivity contribution in [3.8, 4) is 11.5 Å². The number of nitrogens with zero attached hydrogens (tertiary/aromatic N) is 1. The number of hydrogen-bond acceptors (Lipinski definition) is 6. The minimum Gasteiger partial charge on any atom is -0.489 e. The zero-order valence-corrected chi connectivity index (χ0v) is 19.0. The van der Waals surface area contributed by atoms with Crippen molar-refractivity contribution in [1.29, 1.82) is 0 Å². The van der Waals surface area contributed by atoms with Crippen LogP contribution in [0.25, 0.3) is 11.0 Å². The van der Waals surface area contributed by atoms with Gasteiger partial charge < -0.3 is 19.0 Å². The molecule has 6 nitrogen and oxygen atoms in total. The Morgan fingerprint density at radius 2 is 1.69 bits per heavy atom. The van der Waals surface area contributed by atoms with Gasteiger partial charge in [-0.15, -0.1) is 0 Å². The van der Waals surface area contributed by atoms with Crippen LogP contribution in [-0.2, 0) is 26.0 Å². The molecular formula is C27H22F3NO5. The van der Waals surface area contributed by atoms with E-state index in [1.165, 1.54) is 30.3 Å². The number of ether oxygens (including phenoxy) is 2. The molecule has 2 heterocycles. The van der Waals surface area contributed by atoms with Crippen LogP contribution in [0.15, 0.2) is 70.0 Å². The van der Waals surface area contributed by atoms with Gasteiger partial charge in [-0.1, -0.05) is 30.3 Å². The highest BCUT2D eigenvalue weighted by Gasteiger charge is 2.35. The Morgan fingerprint density at radius 3 is 2.42 bits per heavy atom. The Labute approximate surface area is 203 Å². The van der Waals surface area contributed by atoms with Crippen molar-refractivity contribution in [1.82, 2.24) is 4.98 Å². The van der Waals surface area contributed by atoms with E-state index in [2.05, 4.69) is 4.98 Å². The molecule has 1 saturated carbocycles. The molecule has 36 heavy (non-hydrogen) atoms. The van der Waals surface area contributed by atoms with Crippen molar-refractivity contribution in [2.24, 2.45) is 0 Å². The number of aromatic nitrogens is 1. The number of aliphatic hydroxyl groups excluding tert-OH is 1. The Balaban J connectivity index is 1.50. The van der Waals surface area contributed by atoms with Gasteiger partial charge in [0.2, 0.25) is 0 Å². The molecule has 0 aliphatic heterocycles. The minimum atomic E-state index is -4.62. The number of rotatable bonds is 8. The normalized spacial score (nSPS) is 13.7. The summed E-state index contributed by atoms with van der Waals surface area (Å²) < 4.78 is 57.7. The van der Waals surface area contributed by atoms with Crippen LogP contribution in [0.2, 0.25) is 0 Å². The van der Waals surface area contributed by atoms with E-state index in [9.17, 15) is 23.1 Å². The van der Waals surface area contributed by atoms with E-state index >= 15 is 0 Å². The smallest absolute Gasteiger partial charge is 0.433 e. The average Bonchev–Trinajstić information content (AvgIpc) is 3.71. The van der Waals surface area contributed by atoms with Gasteiger partial charge in [0.25, 0.3) is 0 Å². The number of aliphatic hydroxyl groups is 1. The van der Waals surface area contributed by atoms with Crippen molar-refractivity contribution in [2.45, 2.75) is 44.8 Å². The van der Waals surface area contributed by atoms with Crippen LogP contribution >= 0.6 is 0 Å². The molecule has 1 fully saturated rings. The van der Waals surface area contributed by atoms with Crippen LogP contribution in [0, 0.1) is 0 Å². The molecule has 5 rings (SSSR count). The molecule has 1 N–H and O–H groups in total. The maximum atomic E-state index is 13.3. The lowest BCUT2D eigenvalue weighted by Crippen LogP contribution is -2.13. The van der Waals surface area contributed by atoms with Gasteiger partial charge in [-0.3, -0.25) is 9.78 Å². The first-order chi connectivity index (χ1) is 17.3. The second-order valence-electron chi connectivity index (χ2n) is 8.59. The number of benzene rings is 2. The number of fused-ring (bicyclic) bond motifs is 1. The lowest BCUT2D eigenvalue weighted by Gasteiger charge is -2.15. The first-order valence-electron chi connectivity index (χ1n) is 11.4. The van der Waals surface area contributed by atoms with Crippen LogP contribution in [-0.4, -0.2) is 10.1 Å². The third-order valence-electron chi connectivity index (χ3n) is 5.99. The van der Waals surface area contributed by atoms with Crippen molar-refractivity contribution in [3.63, 3.8) is 0 Å². The first kappa shape index (κ1) is 23.9. The van der Waals surface area contributed by atoms with Crippen LogP contribution < -0.4 is 14.9 Å². The Hall–Kier alpha value is -3.85. The summed E-state index contributed by atoms with van der Waals surface area (Å²) in [5.74, 6) is 1.10. The summed E-state index contributed by atoms with van der Waals surface area (Å²) in [6.45, 7) is -0.517. The lowest BCUT2D eigenvalue weighted by molar-refractivity contribution is -0.142. The quantitative estimate of drug-likeness (QED) is 0.335. The first-order valence-corrected chi connectivity index (χ1v) is 11.4. The molecule has 0 saturated heterocycles. The fraction of sp³-hybridized carbons (Fsp3) is 0.259. The molecule has 9 heteroatoms. The predicted molar refractivity (Wildman–Crippen MR) is 125 cm³/mol. The Kier molecular flexibility index (Phi) is 6.40. The molecule has 0 bridgehead atoms. The van der Waals surface area contributed by atoms with Crippen LogP contribution in [0.1, 0.15) is 46.9 Å². The summed E-state index contributed by atoms with van der Waals surface area (Å²) in [4.78, 5) is 16.4. The Morgan fingerprint density at radius 1 is 0.972 bits per heavy atom. The molecule has 0 atom stereocenters. The monoisotopic (exact) mass is 497 g/mol. The molecule has 0 amide bonds. The molecular weight excluding hydrogens is 475 g/mol. The summed E-state index contributed by atoms with van der Waals surface area (Å²) in [6, 6.07) is 14.3. The van der Waals surface area contributed by atoms with Gasteiger partial charge >= 0.3 is 6.18 Å². The van der Waals surface area contributed by atoms with Gasteiger partial charge in [-0.2, -0.15) is 13.2 Å². The largest absolute Gasteiger partial charge is 0.489 e. The van der Waals surface area contributed by atoms with Crippen molar-refractivity contribution in [2.75, 3.05) is 0 Å². The number of hydrogen-bond donors (Lipinski definition) is 1. The van der Waals surface area contributed by atoms with Gasteiger partial charge in [-0.05, 0) is 30.0 Å². The van der Waals surface area contributed by atoms with E-state index in [-0.39, 0.29) is 52.6 Å². The highest BCUT2D eigenvalue weighted by atomic mass is 19.4. The number of alkyl halides is 3. The zero-order valence-electron chi connectivity index (χ0n) is 19.0. The molecule has 186 valence electrons. The van der Waals surface area contributed by atoms with E-state index in [0.29, 0.717) is 11.3 Å². The summed E-state index contributed by atoms with van der Waals surface area (Å²) in [5.41, 5.74) is 0.205. The van der Waals surface area contributed by atoms with Crippen molar-refractivity contribution >= 4 is 11.0 Å². The summed E-state index contributed by atoms with van der Waals surface area (Å²) in [7, 11) is 0. The third-order valence-corrected chi connectivity index (χ3v) is 5.99. The maximum absolute atomic E-state index is 13.3. The lowest BCUT2D eigenvalue weighted by atomic mass is 10.1. The maximum Gasteiger partial charge on any atom is 0.433 e. The highest BCUT2D eigenvalue weighted by Crippen LogP contribution is 2.41. The van der Waals surface area contributed by atoms with E-state index < -0.39 is 18.5 Å². The minimum absolute atomic E-state index is 0.0555. The molecule has 0 unspecified atom stereocenters. The second kappa shape index (κ2) is 9.66. The van der Waals surface area contributed by atoms with Gasteiger partial charge in [0.05, 0.1) is 6.61 Å². The summed E-state index contributed by atoms with van der Waals surface area (Å²) >= 11 is 0. The fourth-order valence-electron chi connectivity index (χ4n) is 3.99. The molecule has 2 aromatic heterocycles. The van der Waals surface area contributed by atoms with Crippen LogP contribution in [0.4, 0.5) is 13.2 Å². The van der Waals surface area contributed by atoms with E-state index in [1.54, 1.807) is 24.3 Å². The Bertz CT molecular complexity index is 1460. The van der Waals surface area contributed by atoms with E-state index in [4.69, 9.17) is 13.9 Å². The molecule has 2 aromatic carbocycles. The topological polar surface area (TPSA) is 81.8 Å². The van der Waals surface area contributed by atoms with Crippen molar-refractivity contribution in [3.05, 3.63) is 99.2 Å². The van der Waals surface area contributed by atoms with Crippen LogP contribution in [0.5, 0.6) is 11.5 Å². The zero-order chi connectivity index (χ0) is 25.3. The van der Waals surface area contributed by atoms with Gasteiger partial charge in [-0.25, -0.2) is 0 Å². The fourth-order valence-corrected chi connectivity index (χ4v) is 3.99. The molecule has 0 spiro atoms. The number of halogens is 3. The predicted octanol–water partition coefficient (Wildman–Crippen LogP) is 5.73. The van der Waals surface area contributed by atoms with Crippen LogP contribution in [0.3, 0.4) is 0 Å². The van der Waals surface area contributed by atoms with E-state index in [0.717, 1.165) is 24.6 Å². The molecule has 4 aromatic rings. The average molecular weight is 497 g/mol. The van der Waals surface area contributed by atoms with Gasteiger partial charge in [0.15, 0.2) is 11.1 Å². The highest BCUT2D eigenvalue weighted by molar-refractivity contribution is 5.85. The SMILES string of the molecule is O=c1cc(C2CC2)oc2cc(OCc3cccnc3C(F)(F)F)cc(OCc3ccccc3CO)c12. The number of pyridine rings is 1. The second-order valence-corrected chi connectivity index (χ2v) is 8.59. The van der Waals surface area contributed by atoms with Gasteiger partial charge in [0.1, 0.15) is 41.4 Å². The molecule has 1 aliphatic carbocycles. The summed E-state index contributed by atoms with van der Waals surface area (Å²) in [6.07, 6.45) is -1.70. The molecule has 1 aliphatic rings. The summed E-state index contributed by atoms with van der Waals surface area (Å²) in [5, 5.41) is 9.81. The molecule has 0 radical (unpaired) electrons. The van der Waals surface area contributed by atoms with Gasteiger partial charge in [0, 0.05) is 35.9 Å². The van der Waals surface area contributed by atoms with E-state index in [1.807, 2.05) is 0 Å². The third kappa shape index (κ3) is 5.06. The standard InChI is InChI=1S/C27H22F3NO5/c28-27(29,30)26-19(6-3-9-31-26)15-34-20-10-23(35-14-18-5-2-1-4-17(18)13-32)25-21(33)12-22(16-7-8-16)36-24(25)11-20/h1-6,9-12,16,32H,7-8,13-15H2. The van der Waals surface area contributed by atoms with Crippen molar-refractivity contribution < 1.29 is 32.2 Å².